The quantitative estimate of drug-likeness (QED) is 0.698. The zero-order valence-electron chi connectivity index (χ0n) is 13.7. The van der Waals surface area contributed by atoms with Crippen LogP contribution in [-0.4, -0.2) is 38.1 Å². The molecule has 0 bridgehead atoms. The van der Waals surface area contributed by atoms with Crippen molar-refractivity contribution in [3.63, 3.8) is 0 Å². The van der Waals surface area contributed by atoms with Crippen LogP contribution >= 0.6 is 23.4 Å². The summed E-state index contributed by atoms with van der Waals surface area (Å²) in [7, 11) is -3.40. The molecule has 0 spiro atoms. The van der Waals surface area contributed by atoms with Gasteiger partial charge < -0.3 is 5.32 Å². The molecular weight excluding hydrogens is 368 g/mol. The van der Waals surface area contributed by atoms with Gasteiger partial charge in [0.1, 0.15) is 0 Å². The number of nitrogens with one attached hydrogen (secondary N) is 2. The van der Waals surface area contributed by atoms with E-state index in [-0.39, 0.29) is 16.6 Å². The van der Waals surface area contributed by atoms with E-state index in [0.29, 0.717) is 12.1 Å². The van der Waals surface area contributed by atoms with Crippen LogP contribution in [0, 0.1) is 0 Å². The van der Waals surface area contributed by atoms with Crippen molar-refractivity contribution in [2.45, 2.75) is 37.4 Å². The van der Waals surface area contributed by atoms with Gasteiger partial charge in [-0.05, 0) is 31.0 Å². The Morgan fingerprint density at radius 1 is 1.29 bits per heavy atom. The van der Waals surface area contributed by atoms with E-state index in [2.05, 4.69) is 10.0 Å². The smallest absolute Gasteiger partial charge is 0.251 e. The monoisotopic (exact) mass is 390 g/mol. The number of carbonyl (C=O) groups is 1. The number of benzene rings is 1. The number of sulfonamides is 1. The summed E-state index contributed by atoms with van der Waals surface area (Å²) in [5.74, 6) is 0.699. The molecule has 0 heterocycles. The minimum absolute atomic E-state index is 0.199. The van der Waals surface area contributed by atoms with Crippen molar-refractivity contribution < 1.29 is 13.2 Å². The van der Waals surface area contributed by atoms with Gasteiger partial charge >= 0.3 is 0 Å². The summed E-state index contributed by atoms with van der Waals surface area (Å²) in [6.45, 7) is 0.612. The van der Waals surface area contributed by atoms with Crippen molar-refractivity contribution in [2.24, 2.45) is 0 Å². The molecule has 1 aromatic rings. The molecule has 1 fully saturated rings. The van der Waals surface area contributed by atoms with Crippen LogP contribution in [0.25, 0.3) is 0 Å². The first-order valence-corrected chi connectivity index (χ1v) is 11.3. The first kappa shape index (κ1) is 19.4. The van der Waals surface area contributed by atoms with Crippen LogP contribution in [0.2, 0.25) is 5.02 Å². The Labute approximate surface area is 153 Å². The third-order valence-electron chi connectivity index (χ3n) is 3.82. The maximum atomic E-state index is 12.1. The van der Waals surface area contributed by atoms with Gasteiger partial charge in [0.25, 0.3) is 5.91 Å². The summed E-state index contributed by atoms with van der Waals surface area (Å²) in [6.07, 6.45) is 7.59. The number of anilines is 1. The minimum atomic E-state index is -3.40. The fourth-order valence-electron chi connectivity index (χ4n) is 2.66. The Hall–Kier alpha value is -0.920. The Bertz CT molecular complexity index is 674. The van der Waals surface area contributed by atoms with E-state index in [9.17, 15) is 13.2 Å². The van der Waals surface area contributed by atoms with Crippen LogP contribution in [0.15, 0.2) is 18.2 Å². The second-order valence-corrected chi connectivity index (χ2v) is 9.52. The Balaban J connectivity index is 1.80. The number of rotatable bonds is 7. The van der Waals surface area contributed by atoms with Crippen molar-refractivity contribution in [3.8, 4) is 0 Å². The summed E-state index contributed by atoms with van der Waals surface area (Å²) in [5, 5.41) is 3.80. The number of carbonyl (C=O) groups excluding carboxylic acids is 1. The first-order valence-electron chi connectivity index (χ1n) is 8.02. The van der Waals surface area contributed by atoms with Crippen molar-refractivity contribution in [1.82, 2.24) is 5.32 Å². The number of thioether (sulfide) groups is 1. The topological polar surface area (TPSA) is 75.3 Å². The maximum absolute atomic E-state index is 12.1. The third-order valence-corrected chi connectivity index (χ3v) is 6.11. The highest BCUT2D eigenvalue weighted by atomic mass is 35.5. The lowest BCUT2D eigenvalue weighted by molar-refractivity contribution is 0.0956. The van der Waals surface area contributed by atoms with Gasteiger partial charge in [-0.25, -0.2) is 8.42 Å². The first-order chi connectivity index (χ1) is 11.3. The van der Waals surface area contributed by atoms with E-state index in [1.165, 1.54) is 44.2 Å². The third kappa shape index (κ3) is 6.53. The van der Waals surface area contributed by atoms with Crippen molar-refractivity contribution in [2.75, 3.05) is 23.3 Å². The fourth-order valence-corrected chi connectivity index (χ4v) is 4.74. The number of amides is 1. The molecule has 1 aromatic carbocycles. The number of hydrogen-bond acceptors (Lipinski definition) is 4. The summed E-state index contributed by atoms with van der Waals surface area (Å²) in [4.78, 5) is 12.1. The van der Waals surface area contributed by atoms with Crippen LogP contribution in [0.1, 0.15) is 42.5 Å². The molecule has 5 nitrogen and oxygen atoms in total. The van der Waals surface area contributed by atoms with Gasteiger partial charge in [-0.1, -0.05) is 30.9 Å². The molecule has 1 aliphatic rings. The average Bonchev–Trinajstić information content (AvgIpc) is 2.53. The molecule has 134 valence electrons. The summed E-state index contributed by atoms with van der Waals surface area (Å²) in [5.41, 5.74) is 0.685. The molecular formula is C16H23ClN2O3S2. The van der Waals surface area contributed by atoms with Gasteiger partial charge in [0.05, 0.1) is 17.0 Å². The minimum Gasteiger partial charge on any atom is -0.351 e. The highest BCUT2D eigenvalue weighted by Gasteiger charge is 2.14. The Morgan fingerprint density at radius 3 is 2.62 bits per heavy atom. The molecule has 0 aliphatic heterocycles. The molecule has 8 heteroatoms. The average molecular weight is 391 g/mol. The highest BCUT2D eigenvalue weighted by molar-refractivity contribution is 7.99. The van der Waals surface area contributed by atoms with Crippen LogP contribution < -0.4 is 10.0 Å². The van der Waals surface area contributed by atoms with Crippen LogP contribution in [0.5, 0.6) is 0 Å². The highest BCUT2D eigenvalue weighted by Crippen LogP contribution is 2.28. The molecule has 0 aromatic heterocycles. The predicted molar refractivity (Wildman–Crippen MR) is 102 cm³/mol. The molecule has 0 saturated heterocycles. The lowest BCUT2D eigenvalue weighted by Gasteiger charge is -2.20. The zero-order chi connectivity index (χ0) is 17.6. The largest absolute Gasteiger partial charge is 0.351 e. The fraction of sp³-hybridized carbons (Fsp3) is 0.562. The molecule has 0 radical (unpaired) electrons. The van der Waals surface area contributed by atoms with E-state index in [1.807, 2.05) is 11.8 Å². The summed E-state index contributed by atoms with van der Waals surface area (Å²) < 4.78 is 24.8. The lowest BCUT2D eigenvalue weighted by atomic mass is 10.0. The number of hydrogen-bond donors (Lipinski definition) is 2. The second-order valence-electron chi connectivity index (χ2n) is 5.96. The summed E-state index contributed by atoms with van der Waals surface area (Å²) in [6, 6.07) is 4.52. The van der Waals surface area contributed by atoms with Crippen LogP contribution in [0.4, 0.5) is 5.69 Å². The van der Waals surface area contributed by atoms with Gasteiger partial charge in [0.2, 0.25) is 10.0 Å². The lowest BCUT2D eigenvalue weighted by Crippen LogP contribution is -2.26. The second kappa shape index (κ2) is 8.97. The van der Waals surface area contributed by atoms with Gasteiger partial charge in [0.15, 0.2) is 0 Å². The van der Waals surface area contributed by atoms with Crippen LogP contribution in [0.3, 0.4) is 0 Å². The SMILES string of the molecule is CS(=O)(=O)Nc1ccc(C(=O)NCCSC2CCCCC2)cc1Cl. The molecule has 2 N–H and O–H groups in total. The Kier molecular flexibility index (Phi) is 7.25. The zero-order valence-corrected chi connectivity index (χ0v) is 16.1. The molecule has 0 atom stereocenters. The Morgan fingerprint density at radius 2 is 2.00 bits per heavy atom. The molecule has 1 amide bonds. The van der Waals surface area contributed by atoms with Crippen LogP contribution in [-0.2, 0) is 10.0 Å². The van der Waals surface area contributed by atoms with E-state index < -0.39 is 10.0 Å². The molecule has 1 saturated carbocycles. The van der Waals surface area contributed by atoms with Gasteiger partial charge in [-0.2, -0.15) is 11.8 Å². The van der Waals surface area contributed by atoms with Crippen molar-refractivity contribution in [1.29, 1.82) is 0 Å². The predicted octanol–water partition coefficient (Wildman–Crippen LogP) is 3.51. The van der Waals surface area contributed by atoms with E-state index in [4.69, 9.17) is 11.6 Å². The van der Waals surface area contributed by atoms with E-state index in [0.717, 1.165) is 17.3 Å². The molecule has 2 rings (SSSR count). The van der Waals surface area contributed by atoms with Gasteiger partial charge in [-0.15, -0.1) is 0 Å². The van der Waals surface area contributed by atoms with Crippen molar-refractivity contribution >= 4 is 45.0 Å². The normalized spacial score (nSPS) is 15.9. The van der Waals surface area contributed by atoms with Gasteiger partial charge in [-0.3, -0.25) is 9.52 Å². The molecule has 24 heavy (non-hydrogen) atoms. The van der Waals surface area contributed by atoms with E-state index in [1.54, 1.807) is 6.07 Å². The summed E-state index contributed by atoms with van der Waals surface area (Å²) >= 11 is 7.96. The van der Waals surface area contributed by atoms with E-state index >= 15 is 0 Å². The van der Waals surface area contributed by atoms with Crippen molar-refractivity contribution in [3.05, 3.63) is 28.8 Å². The number of halogens is 1. The molecule has 1 aliphatic carbocycles. The molecule has 0 unspecified atom stereocenters. The maximum Gasteiger partial charge on any atom is 0.251 e. The standard InChI is InChI=1S/C16H23ClN2O3S2/c1-24(21,22)19-15-8-7-12(11-14(15)17)16(20)18-9-10-23-13-5-3-2-4-6-13/h7-8,11,13,19H,2-6,9-10H2,1H3,(H,18,20). The van der Waals surface area contributed by atoms with Gasteiger partial charge in [0, 0.05) is 23.1 Å².